The number of aliphatic hydroxyl groups is 2. The highest BCUT2D eigenvalue weighted by atomic mass is 32.2. The number of benzene rings is 2. The van der Waals surface area contributed by atoms with Gasteiger partial charge in [0.1, 0.15) is 0 Å². The molecule has 0 fully saturated rings. The topological polar surface area (TPSA) is 145 Å². The Morgan fingerprint density at radius 2 is 1.86 bits per heavy atom. The molecule has 10 nitrogen and oxygen atoms in total. The van der Waals surface area contributed by atoms with Crippen LogP contribution in [0.3, 0.4) is 0 Å². The Kier molecular flexibility index (Phi) is 10.4. The standard InChI is InChI=1S/C31H34N4O6S/c1-22-12-14-41-29(22)31(39)33-26-9-6-8-23(17-26)24-16-25(19-32-18-24)30(38)34-42(40,28-10-4-3-5-11-28)15-7-13-35(2)20-27(37)21-36/h3-6,8-12,14,16-19,27,36-37H,7,13,15,20-21H2,1-2H3,(H,33,39)/t27?,42-/m0/s1. The maximum atomic E-state index is 14.1. The number of pyridine rings is 1. The Bertz CT molecular complexity index is 1650. The van der Waals surface area contributed by atoms with Crippen molar-refractivity contribution in [2.24, 2.45) is 4.36 Å². The third-order valence-electron chi connectivity index (χ3n) is 6.54. The molecule has 0 aliphatic rings. The quantitative estimate of drug-likeness (QED) is 0.222. The molecular formula is C31H34N4O6S. The molecule has 0 saturated carbocycles. The SMILES string of the molecule is Cc1ccoc1C(=O)Nc1cccc(-c2cncc(C(=O)N=[S@](=O)(CCCN(C)CC(O)CO)c3ccccc3)c2)c1. The average molecular weight is 591 g/mol. The summed E-state index contributed by atoms with van der Waals surface area (Å²) < 4.78 is 23.6. The minimum Gasteiger partial charge on any atom is -0.459 e. The van der Waals surface area contributed by atoms with Crippen molar-refractivity contribution in [2.45, 2.75) is 24.3 Å². The lowest BCUT2D eigenvalue weighted by Crippen LogP contribution is -2.32. The van der Waals surface area contributed by atoms with Crippen molar-refractivity contribution in [3.8, 4) is 11.1 Å². The van der Waals surface area contributed by atoms with Crippen LogP contribution < -0.4 is 5.32 Å². The summed E-state index contributed by atoms with van der Waals surface area (Å²) in [6.45, 7) is 2.21. The van der Waals surface area contributed by atoms with Gasteiger partial charge in [0, 0.05) is 46.4 Å². The first-order valence-electron chi connectivity index (χ1n) is 13.4. The van der Waals surface area contributed by atoms with Gasteiger partial charge < -0.3 is 24.8 Å². The van der Waals surface area contributed by atoms with Crippen LogP contribution in [0.15, 0.2) is 99.1 Å². The molecule has 4 rings (SSSR count). The van der Waals surface area contributed by atoms with Gasteiger partial charge >= 0.3 is 0 Å². The summed E-state index contributed by atoms with van der Waals surface area (Å²) >= 11 is 0. The number of carbonyl (C=O) groups is 2. The van der Waals surface area contributed by atoms with Crippen LogP contribution in [0.1, 0.15) is 32.9 Å². The van der Waals surface area contributed by atoms with Crippen molar-refractivity contribution < 1.29 is 28.4 Å². The lowest BCUT2D eigenvalue weighted by atomic mass is 10.1. The second kappa shape index (κ2) is 14.1. The highest BCUT2D eigenvalue weighted by Crippen LogP contribution is 2.25. The van der Waals surface area contributed by atoms with Gasteiger partial charge in [0.15, 0.2) is 5.76 Å². The largest absolute Gasteiger partial charge is 0.459 e. The van der Waals surface area contributed by atoms with Crippen molar-refractivity contribution in [1.29, 1.82) is 0 Å². The van der Waals surface area contributed by atoms with Crippen molar-refractivity contribution in [3.63, 3.8) is 0 Å². The molecular weight excluding hydrogens is 556 g/mol. The van der Waals surface area contributed by atoms with Crippen LogP contribution >= 0.6 is 0 Å². The molecule has 0 aliphatic heterocycles. The zero-order valence-electron chi connectivity index (χ0n) is 23.5. The molecule has 11 heteroatoms. The average Bonchev–Trinajstić information content (AvgIpc) is 3.43. The third kappa shape index (κ3) is 7.98. The monoisotopic (exact) mass is 590 g/mol. The van der Waals surface area contributed by atoms with E-state index in [9.17, 15) is 18.9 Å². The van der Waals surface area contributed by atoms with Crippen LogP contribution in [0.5, 0.6) is 0 Å². The number of hydrogen-bond acceptors (Lipinski definition) is 8. The minimum atomic E-state index is -3.11. The number of hydrogen-bond donors (Lipinski definition) is 3. The van der Waals surface area contributed by atoms with Crippen molar-refractivity contribution in [2.75, 3.05) is 37.8 Å². The lowest BCUT2D eigenvalue weighted by molar-refractivity contribution is 0.0667. The number of rotatable bonds is 12. The van der Waals surface area contributed by atoms with E-state index in [0.717, 1.165) is 5.56 Å². The number of carbonyl (C=O) groups excluding carboxylic acids is 2. The number of aromatic nitrogens is 1. The van der Waals surface area contributed by atoms with Crippen LogP contribution in [0.4, 0.5) is 5.69 Å². The Labute approximate surface area is 245 Å². The molecule has 2 aromatic carbocycles. The third-order valence-corrected chi connectivity index (χ3v) is 8.85. The van der Waals surface area contributed by atoms with Crippen LogP contribution in [0.2, 0.25) is 0 Å². The van der Waals surface area contributed by atoms with Gasteiger partial charge in [-0.2, -0.15) is 4.36 Å². The van der Waals surface area contributed by atoms with Gasteiger partial charge in [0.2, 0.25) is 0 Å². The van der Waals surface area contributed by atoms with Crippen molar-refractivity contribution in [1.82, 2.24) is 9.88 Å². The normalized spacial score (nSPS) is 13.4. The van der Waals surface area contributed by atoms with E-state index in [0.29, 0.717) is 34.7 Å². The zero-order valence-corrected chi connectivity index (χ0v) is 24.3. The van der Waals surface area contributed by atoms with Gasteiger partial charge in [-0.3, -0.25) is 14.6 Å². The molecule has 2 heterocycles. The summed E-state index contributed by atoms with van der Waals surface area (Å²) in [5, 5.41) is 21.6. The number of aliphatic hydroxyl groups excluding tert-OH is 2. The van der Waals surface area contributed by atoms with E-state index in [1.165, 1.54) is 12.5 Å². The predicted molar refractivity (Wildman–Crippen MR) is 161 cm³/mol. The van der Waals surface area contributed by atoms with Crippen molar-refractivity contribution in [3.05, 3.63) is 102 Å². The first-order chi connectivity index (χ1) is 20.2. The van der Waals surface area contributed by atoms with Gasteiger partial charge in [-0.1, -0.05) is 30.3 Å². The highest BCUT2D eigenvalue weighted by molar-refractivity contribution is 7.94. The molecule has 2 atom stereocenters. The molecule has 220 valence electrons. The number of likely N-dealkylation sites (N-methyl/N-ethyl adjacent to an activating group) is 1. The molecule has 0 bridgehead atoms. The summed E-state index contributed by atoms with van der Waals surface area (Å²) in [7, 11) is -1.32. The fourth-order valence-corrected chi connectivity index (χ4v) is 6.27. The fraction of sp³-hybridized carbons (Fsp3) is 0.258. The molecule has 0 radical (unpaired) electrons. The lowest BCUT2D eigenvalue weighted by Gasteiger charge is -2.19. The Morgan fingerprint density at radius 3 is 2.57 bits per heavy atom. The summed E-state index contributed by atoms with van der Waals surface area (Å²) in [4.78, 5) is 32.4. The number of furan rings is 1. The van der Waals surface area contributed by atoms with Crippen molar-refractivity contribution >= 4 is 27.2 Å². The molecule has 0 saturated heterocycles. The van der Waals surface area contributed by atoms with Crippen LogP contribution in [-0.4, -0.2) is 74.7 Å². The number of aryl methyl sites for hydroxylation is 1. The first kappa shape index (κ1) is 30.8. The second-order valence-corrected chi connectivity index (χ2v) is 12.3. The molecule has 3 N–H and O–H groups in total. The molecule has 1 unspecified atom stereocenters. The zero-order chi connectivity index (χ0) is 30.1. The maximum Gasteiger partial charge on any atom is 0.291 e. The van der Waals surface area contributed by atoms with Gasteiger partial charge in [0.25, 0.3) is 11.8 Å². The fourth-order valence-electron chi connectivity index (χ4n) is 4.36. The summed E-state index contributed by atoms with van der Waals surface area (Å²) in [6.07, 6.45) is 4.03. The van der Waals surface area contributed by atoms with E-state index >= 15 is 0 Å². The Morgan fingerprint density at radius 1 is 1.07 bits per heavy atom. The Hall–Kier alpha value is -4.16. The predicted octanol–water partition coefficient (Wildman–Crippen LogP) is 4.24. The molecule has 0 aliphatic carbocycles. The van der Waals surface area contributed by atoms with E-state index < -0.39 is 21.7 Å². The maximum absolute atomic E-state index is 14.1. The van der Waals surface area contributed by atoms with Gasteiger partial charge in [-0.15, -0.1) is 0 Å². The van der Waals surface area contributed by atoms with E-state index in [4.69, 9.17) is 9.52 Å². The summed E-state index contributed by atoms with van der Waals surface area (Å²) in [6, 6.07) is 19.1. The first-order valence-corrected chi connectivity index (χ1v) is 15.1. The smallest absolute Gasteiger partial charge is 0.291 e. The van der Waals surface area contributed by atoms with Crippen LogP contribution in [-0.2, 0) is 9.73 Å². The van der Waals surface area contributed by atoms with E-state index in [2.05, 4.69) is 14.7 Å². The number of anilines is 1. The van der Waals surface area contributed by atoms with E-state index in [1.54, 1.807) is 80.8 Å². The summed E-state index contributed by atoms with van der Waals surface area (Å²) in [5.74, 6) is -0.665. The van der Waals surface area contributed by atoms with E-state index in [-0.39, 0.29) is 36.1 Å². The highest BCUT2D eigenvalue weighted by Gasteiger charge is 2.18. The second-order valence-electron chi connectivity index (χ2n) is 9.94. The number of nitrogens with one attached hydrogen (secondary N) is 1. The Balaban J connectivity index is 1.55. The molecule has 0 spiro atoms. The number of amides is 2. The van der Waals surface area contributed by atoms with E-state index in [1.807, 2.05) is 11.0 Å². The minimum absolute atomic E-state index is 0.131. The van der Waals surface area contributed by atoms with Gasteiger partial charge in [-0.25, -0.2) is 4.21 Å². The van der Waals surface area contributed by atoms with Crippen LogP contribution in [0.25, 0.3) is 11.1 Å². The number of nitrogens with zero attached hydrogens (tertiary/aromatic N) is 3. The van der Waals surface area contributed by atoms with Gasteiger partial charge in [-0.05, 0) is 68.9 Å². The molecule has 2 amide bonds. The van der Waals surface area contributed by atoms with Gasteiger partial charge in [0.05, 0.1) is 34.3 Å². The molecule has 2 aromatic heterocycles. The van der Waals surface area contributed by atoms with Crippen LogP contribution in [0, 0.1) is 6.92 Å². The molecule has 4 aromatic rings. The summed E-state index contributed by atoms with van der Waals surface area (Å²) in [5.41, 5.74) is 2.78. The molecule has 42 heavy (non-hydrogen) atoms.